The number of ether oxygens (including phenoxy) is 2. The van der Waals surface area contributed by atoms with E-state index in [1.165, 1.54) is 41.1 Å². The van der Waals surface area contributed by atoms with Crippen molar-refractivity contribution < 1.29 is 42.5 Å². The first kappa shape index (κ1) is 53.4. The van der Waals surface area contributed by atoms with Gasteiger partial charge in [0.25, 0.3) is 0 Å². The molecule has 2 fully saturated rings. The van der Waals surface area contributed by atoms with Gasteiger partial charge in [0.2, 0.25) is 5.91 Å². The monoisotopic (exact) mass is 966 g/mol. The summed E-state index contributed by atoms with van der Waals surface area (Å²) >= 11 is 0. The zero-order valence-electron chi connectivity index (χ0n) is 40.8. The van der Waals surface area contributed by atoms with Crippen LogP contribution in [0.1, 0.15) is 112 Å². The van der Waals surface area contributed by atoms with Crippen LogP contribution in [0.2, 0.25) is 0 Å². The van der Waals surface area contributed by atoms with Gasteiger partial charge in [-0.05, 0) is 146 Å². The van der Waals surface area contributed by atoms with Gasteiger partial charge in [0.15, 0.2) is 0 Å². The zero-order valence-corrected chi connectivity index (χ0v) is 41.6. The summed E-state index contributed by atoms with van der Waals surface area (Å²) in [6.07, 6.45) is 3.28. The molecule has 0 spiro atoms. The summed E-state index contributed by atoms with van der Waals surface area (Å²) in [5.74, 6) is -0.937. The lowest BCUT2D eigenvalue weighted by Crippen LogP contribution is -2.38. The lowest BCUT2D eigenvalue weighted by molar-refractivity contribution is -0.138. The van der Waals surface area contributed by atoms with Gasteiger partial charge in [0.1, 0.15) is 22.8 Å². The Labute approximate surface area is 404 Å². The average Bonchev–Trinajstić information content (AvgIpc) is 4.06. The molecule has 2 atom stereocenters. The highest BCUT2D eigenvalue weighted by Crippen LogP contribution is 2.28. The van der Waals surface area contributed by atoms with E-state index < -0.39 is 17.2 Å². The van der Waals surface area contributed by atoms with Crippen molar-refractivity contribution in [2.24, 2.45) is 11.8 Å². The van der Waals surface area contributed by atoms with Gasteiger partial charge in [0, 0.05) is 52.1 Å². The third-order valence-electron chi connectivity index (χ3n) is 12.2. The van der Waals surface area contributed by atoms with Crippen LogP contribution in [0.15, 0.2) is 48.5 Å². The van der Waals surface area contributed by atoms with Crippen molar-refractivity contribution in [3.05, 3.63) is 105 Å². The van der Waals surface area contributed by atoms with Gasteiger partial charge in [-0.25, -0.2) is 18.4 Å². The molecule has 0 bridgehead atoms. The predicted octanol–water partition coefficient (Wildman–Crippen LogP) is 8.08. The summed E-state index contributed by atoms with van der Waals surface area (Å²) in [5.41, 5.74) is 8.03. The quantitative estimate of drug-likeness (QED) is 0.177. The fourth-order valence-corrected chi connectivity index (χ4v) is 8.89. The molecule has 2 aromatic carbocycles. The number of carboxylic acids is 1. The number of hydrogen-bond acceptors (Lipinski definition) is 9. The van der Waals surface area contributed by atoms with E-state index in [4.69, 9.17) is 19.7 Å². The van der Waals surface area contributed by atoms with Crippen molar-refractivity contribution >= 4 is 36.5 Å². The minimum absolute atomic E-state index is 0. The maximum absolute atomic E-state index is 13.3. The molecule has 8 rings (SSSR count). The number of benzene rings is 2. The SMILES string of the molecule is CC(C)(C)OC(=O)N1CCC(CC(=O)O)C1.Cc1nn(Cc2ccc(F)cc2)c2c1CCN(C(=O)CC1CCN(C(=O)OC(C)(C)C)C1)C2.Cc1nn(Cc2ccc(F)cc2)c2c1CCNC2.Cl. The highest BCUT2D eigenvalue weighted by molar-refractivity contribution is 5.85. The number of carbonyl (C=O) groups excluding carboxylic acids is 3. The van der Waals surface area contributed by atoms with Crippen LogP contribution >= 0.6 is 12.4 Å². The third-order valence-corrected chi connectivity index (χ3v) is 12.2. The second-order valence-corrected chi connectivity index (χ2v) is 20.0. The normalized spacial score (nSPS) is 17.7. The molecule has 0 saturated carbocycles. The number of likely N-dealkylation sites (tertiary alicyclic amines) is 2. The van der Waals surface area contributed by atoms with Crippen LogP contribution in [0.25, 0.3) is 0 Å². The Balaban J connectivity index is 0.000000208. The first-order valence-corrected chi connectivity index (χ1v) is 23.4. The summed E-state index contributed by atoms with van der Waals surface area (Å²) in [6.45, 7) is 21.7. The maximum atomic E-state index is 13.3. The van der Waals surface area contributed by atoms with Crippen LogP contribution < -0.4 is 5.32 Å². The average molecular weight is 968 g/mol. The fourth-order valence-electron chi connectivity index (χ4n) is 8.89. The molecule has 68 heavy (non-hydrogen) atoms. The summed E-state index contributed by atoms with van der Waals surface area (Å²) in [5, 5.41) is 21.3. The van der Waals surface area contributed by atoms with Crippen LogP contribution in [0, 0.1) is 37.3 Å². The van der Waals surface area contributed by atoms with Crippen molar-refractivity contribution in [3.63, 3.8) is 0 Å². The molecule has 15 nitrogen and oxygen atoms in total. The molecule has 2 N–H and O–H groups in total. The second-order valence-electron chi connectivity index (χ2n) is 20.0. The Morgan fingerprint density at radius 1 is 0.676 bits per heavy atom. The number of aromatic nitrogens is 4. The van der Waals surface area contributed by atoms with Gasteiger partial charge in [-0.1, -0.05) is 24.3 Å². The Morgan fingerprint density at radius 2 is 1.13 bits per heavy atom. The number of carboxylic acid groups (broad SMARTS) is 1. The minimum Gasteiger partial charge on any atom is -0.481 e. The molecule has 4 aliphatic heterocycles. The van der Waals surface area contributed by atoms with Crippen molar-refractivity contribution in [1.82, 2.24) is 39.6 Å². The first-order chi connectivity index (χ1) is 31.6. The maximum Gasteiger partial charge on any atom is 0.410 e. The van der Waals surface area contributed by atoms with E-state index in [1.54, 1.807) is 21.9 Å². The number of halogens is 3. The van der Waals surface area contributed by atoms with Crippen LogP contribution in [0.3, 0.4) is 0 Å². The molecule has 3 amide bonds. The number of nitrogens with zero attached hydrogens (tertiary/aromatic N) is 7. The van der Waals surface area contributed by atoms with E-state index in [9.17, 15) is 28.0 Å². The molecule has 2 unspecified atom stereocenters. The molecular weight excluding hydrogens is 898 g/mol. The van der Waals surface area contributed by atoms with Crippen molar-refractivity contribution in [2.75, 3.05) is 39.3 Å². The number of hydrogen-bond donors (Lipinski definition) is 2. The molecular formula is C50H69ClF2N8O7. The number of aliphatic carboxylic acids is 1. The van der Waals surface area contributed by atoms with Gasteiger partial charge < -0.3 is 34.6 Å². The van der Waals surface area contributed by atoms with Crippen molar-refractivity contribution in [3.8, 4) is 0 Å². The van der Waals surface area contributed by atoms with Crippen LogP contribution in [0.4, 0.5) is 18.4 Å². The largest absolute Gasteiger partial charge is 0.481 e. The number of fused-ring (bicyclic) bond motifs is 2. The standard InChI is InChI=1S/C25H33FN4O3.C14H16FN3.C11H19NO4.ClH/c1-17-21-10-12-28(16-22(21)30(27-17)15-18-5-7-20(26)8-6-18)23(31)13-19-9-11-29(14-19)24(32)33-25(2,3)4;1-10-13-6-7-16-8-14(13)18(17-10)9-11-2-4-12(15)5-3-11;1-11(2,3)16-10(15)12-5-4-8(7-12)6-9(13)14;/h5-8,19H,9-16H2,1-4H3;2-5,16H,6-9H2,1H3;8H,4-7H2,1-3H3,(H,13,14);1H. The number of carbonyl (C=O) groups is 4. The highest BCUT2D eigenvalue weighted by Gasteiger charge is 2.34. The van der Waals surface area contributed by atoms with E-state index >= 15 is 0 Å². The third kappa shape index (κ3) is 15.2. The molecule has 372 valence electrons. The molecule has 18 heteroatoms. The summed E-state index contributed by atoms with van der Waals surface area (Å²) in [6, 6.07) is 13.1. The van der Waals surface area contributed by atoms with Crippen molar-refractivity contribution in [2.45, 2.75) is 131 Å². The molecule has 4 aromatic rings. The first-order valence-electron chi connectivity index (χ1n) is 23.4. The summed E-state index contributed by atoms with van der Waals surface area (Å²) in [7, 11) is 0. The number of rotatable bonds is 8. The van der Waals surface area contributed by atoms with E-state index in [0.29, 0.717) is 58.8 Å². The van der Waals surface area contributed by atoms with Gasteiger partial charge in [-0.15, -0.1) is 12.4 Å². The Bertz CT molecular complexity index is 2360. The Hall–Kier alpha value is -5.55. The van der Waals surface area contributed by atoms with E-state index in [2.05, 4.69) is 17.3 Å². The number of amides is 3. The molecule has 4 aliphatic rings. The van der Waals surface area contributed by atoms with E-state index in [0.717, 1.165) is 67.0 Å². The van der Waals surface area contributed by atoms with E-state index in [1.807, 2.05) is 74.9 Å². The molecule has 2 aromatic heterocycles. The Morgan fingerprint density at radius 3 is 1.60 bits per heavy atom. The molecule has 2 saturated heterocycles. The number of aryl methyl sites for hydroxylation is 2. The lowest BCUT2D eigenvalue weighted by Gasteiger charge is -2.29. The van der Waals surface area contributed by atoms with Crippen LogP contribution in [-0.4, -0.2) is 114 Å². The fraction of sp³-hybridized carbons (Fsp3) is 0.560. The Kier molecular flexibility index (Phi) is 18.2. The van der Waals surface area contributed by atoms with Crippen molar-refractivity contribution in [1.29, 1.82) is 0 Å². The summed E-state index contributed by atoms with van der Waals surface area (Å²) in [4.78, 5) is 52.8. The summed E-state index contributed by atoms with van der Waals surface area (Å²) < 4.78 is 40.8. The van der Waals surface area contributed by atoms with Crippen LogP contribution in [0.5, 0.6) is 0 Å². The molecule has 0 radical (unpaired) electrons. The van der Waals surface area contributed by atoms with Gasteiger partial charge in [-0.3, -0.25) is 19.0 Å². The predicted molar refractivity (Wildman–Crippen MR) is 255 cm³/mol. The molecule has 0 aliphatic carbocycles. The van der Waals surface area contributed by atoms with Crippen LogP contribution in [-0.2, 0) is 58.1 Å². The van der Waals surface area contributed by atoms with Gasteiger partial charge >= 0.3 is 18.2 Å². The highest BCUT2D eigenvalue weighted by atomic mass is 35.5. The van der Waals surface area contributed by atoms with Gasteiger partial charge in [0.05, 0.1) is 42.4 Å². The number of nitrogens with one attached hydrogen (secondary N) is 1. The minimum atomic E-state index is -0.809. The second kappa shape index (κ2) is 23.2. The lowest BCUT2D eigenvalue weighted by atomic mass is 10.0. The van der Waals surface area contributed by atoms with E-state index in [-0.39, 0.29) is 60.4 Å². The molecule has 6 heterocycles. The topological polar surface area (TPSA) is 164 Å². The smallest absolute Gasteiger partial charge is 0.410 e. The van der Waals surface area contributed by atoms with Gasteiger partial charge in [-0.2, -0.15) is 10.2 Å². The zero-order chi connectivity index (χ0) is 48.6.